The first-order valence-electron chi connectivity index (χ1n) is 10.8. The summed E-state index contributed by atoms with van der Waals surface area (Å²) in [7, 11) is 1.65. The number of piperidine rings is 1. The van der Waals surface area contributed by atoms with Crippen LogP contribution in [0.4, 0.5) is 8.78 Å². The monoisotopic (exact) mass is 440 g/mol. The topological polar surface area (TPSA) is 65.6 Å². The van der Waals surface area contributed by atoms with Crippen LogP contribution < -0.4 is 4.74 Å². The van der Waals surface area contributed by atoms with Gasteiger partial charge in [0.25, 0.3) is 5.92 Å². The Bertz CT molecular complexity index is 1190. The number of rotatable bonds is 5. The fourth-order valence-corrected chi connectivity index (χ4v) is 5.34. The molecule has 1 spiro atoms. The Labute approximate surface area is 185 Å². The number of nitrogens with one attached hydrogen (secondary N) is 1. The second-order valence-electron chi connectivity index (χ2n) is 9.17. The van der Waals surface area contributed by atoms with Crippen molar-refractivity contribution in [3.05, 3.63) is 64.8 Å². The summed E-state index contributed by atoms with van der Waals surface area (Å²) in [6.45, 7) is 3.13. The average molecular weight is 440 g/mol. The van der Waals surface area contributed by atoms with E-state index in [1.54, 1.807) is 31.4 Å². The number of aryl methyl sites for hydroxylation is 1. The Morgan fingerprint density at radius 1 is 1.28 bits per heavy atom. The molecule has 5 nitrogen and oxygen atoms in total. The minimum absolute atomic E-state index is 0.0620. The van der Waals surface area contributed by atoms with Crippen LogP contribution in [0.15, 0.2) is 42.6 Å². The Balaban J connectivity index is 1.52. The van der Waals surface area contributed by atoms with Crippen LogP contribution in [0.1, 0.15) is 52.4 Å². The highest BCUT2D eigenvalue weighted by molar-refractivity contribution is 5.88. The Kier molecular flexibility index (Phi) is 4.78. The van der Waals surface area contributed by atoms with Crippen molar-refractivity contribution in [2.24, 2.45) is 5.41 Å². The molecule has 32 heavy (non-hydrogen) atoms. The second-order valence-corrected chi connectivity index (χ2v) is 9.17. The number of ether oxygens (including phenoxy) is 1. The molecule has 2 aliphatic rings. The number of aromatic carboxylic acids is 1. The van der Waals surface area contributed by atoms with Gasteiger partial charge in [0.05, 0.1) is 12.7 Å². The number of H-pyrrole nitrogens is 1. The van der Waals surface area contributed by atoms with Crippen LogP contribution in [0.3, 0.4) is 0 Å². The lowest BCUT2D eigenvalue weighted by Gasteiger charge is -2.40. The predicted molar refractivity (Wildman–Crippen MR) is 117 cm³/mol. The summed E-state index contributed by atoms with van der Waals surface area (Å²) in [5.74, 6) is -2.83. The highest BCUT2D eigenvalue weighted by atomic mass is 19.3. The second kappa shape index (κ2) is 7.30. The molecule has 3 aromatic rings. The highest BCUT2D eigenvalue weighted by Gasteiger charge is 2.71. The number of alkyl halides is 2. The third-order valence-electron chi connectivity index (χ3n) is 7.35. The van der Waals surface area contributed by atoms with E-state index in [0.29, 0.717) is 25.9 Å². The quantitative estimate of drug-likeness (QED) is 0.546. The Morgan fingerprint density at radius 3 is 2.62 bits per heavy atom. The van der Waals surface area contributed by atoms with Crippen molar-refractivity contribution < 1.29 is 23.4 Å². The van der Waals surface area contributed by atoms with Crippen LogP contribution in [0.5, 0.6) is 5.75 Å². The van der Waals surface area contributed by atoms with Gasteiger partial charge in [0.2, 0.25) is 0 Å². The number of carboxylic acids is 1. The van der Waals surface area contributed by atoms with E-state index in [4.69, 9.17) is 4.74 Å². The first-order valence-corrected chi connectivity index (χ1v) is 10.8. The van der Waals surface area contributed by atoms with Crippen molar-refractivity contribution in [1.82, 2.24) is 9.88 Å². The van der Waals surface area contributed by atoms with Gasteiger partial charge in [-0.3, -0.25) is 4.90 Å². The lowest BCUT2D eigenvalue weighted by atomic mass is 9.83. The molecule has 7 heteroatoms. The maximum absolute atomic E-state index is 14.3. The lowest BCUT2D eigenvalue weighted by molar-refractivity contribution is 0.00632. The summed E-state index contributed by atoms with van der Waals surface area (Å²) in [5.41, 5.74) is 3.28. The average Bonchev–Trinajstić information content (AvgIpc) is 3.09. The van der Waals surface area contributed by atoms with Gasteiger partial charge in [0.1, 0.15) is 5.75 Å². The number of likely N-dealkylation sites (tertiary alicyclic amines) is 1. The van der Waals surface area contributed by atoms with Gasteiger partial charge >= 0.3 is 5.97 Å². The summed E-state index contributed by atoms with van der Waals surface area (Å²) in [5, 5.41) is 10.3. The number of carboxylic acid groups (broad SMARTS) is 1. The van der Waals surface area contributed by atoms with Crippen molar-refractivity contribution in [2.75, 3.05) is 13.7 Å². The van der Waals surface area contributed by atoms with Crippen molar-refractivity contribution >= 4 is 16.9 Å². The number of aromatic amines is 1. The fourth-order valence-electron chi connectivity index (χ4n) is 5.34. The number of aromatic nitrogens is 1. The maximum Gasteiger partial charge on any atom is 0.335 e. The first kappa shape index (κ1) is 20.9. The molecule has 2 fully saturated rings. The number of methoxy groups -OCH3 is 1. The molecule has 1 saturated carbocycles. The predicted octanol–water partition coefficient (Wildman–Crippen LogP) is 5.55. The molecule has 5 rings (SSSR count). The molecule has 2 N–H and O–H groups in total. The first-order chi connectivity index (χ1) is 15.2. The molecule has 168 valence electrons. The van der Waals surface area contributed by atoms with E-state index in [-0.39, 0.29) is 18.0 Å². The third-order valence-corrected chi connectivity index (χ3v) is 7.35. The summed E-state index contributed by atoms with van der Waals surface area (Å²) >= 11 is 0. The van der Waals surface area contributed by atoms with Crippen LogP contribution in [0, 0.1) is 12.3 Å². The van der Waals surface area contributed by atoms with Crippen molar-refractivity contribution in [3.63, 3.8) is 0 Å². The van der Waals surface area contributed by atoms with E-state index in [9.17, 15) is 18.7 Å². The van der Waals surface area contributed by atoms with Crippen molar-refractivity contribution in [1.29, 1.82) is 0 Å². The number of carbonyl (C=O) groups is 1. The Morgan fingerprint density at radius 2 is 2.00 bits per heavy atom. The van der Waals surface area contributed by atoms with Gasteiger partial charge in [-0.1, -0.05) is 12.1 Å². The van der Waals surface area contributed by atoms with E-state index in [1.165, 1.54) is 0 Å². The lowest BCUT2D eigenvalue weighted by Crippen LogP contribution is -2.39. The number of fused-ring (bicyclic) bond motifs is 1. The van der Waals surface area contributed by atoms with Crippen LogP contribution in [-0.4, -0.2) is 40.5 Å². The zero-order valence-electron chi connectivity index (χ0n) is 18.1. The van der Waals surface area contributed by atoms with Gasteiger partial charge in [-0.05, 0) is 61.7 Å². The number of halogens is 2. The van der Waals surface area contributed by atoms with Gasteiger partial charge in [-0.25, -0.2) is 13.6 Å². The zero-order valence-corrected chi connectivity index (χ0v) is 18.1. The van der Waals surface area contributed by atoms with E-state index < -0.39 is 17.3 Å². The molecule has 0 amide bonds. The molecule has 0 bridgehead atoms. The SMILES string of the molecule is COc1cc(C)c2[nH]ccc2c1CN1CC[C@@]2(C[C@H]1c1ccc(C(=O)O)cc1)CC2(F)F. The minimum Gasteiger partial charge on any atom is -0.496 e. The normalized spacial score (nSPS) is 24.7. The fraction of sp³-hybridized carbons (Fsp3) is 0.400. The van der Waals surface area contributed by atoms with Gasteiger partial charge in [-0.15, -0.1) is 0 Å². The maximum atomic E-state index is 14.3. The van der Waals surface area contributed by atoms with E-state index in [2.05, 4.69) is 9.88 Å². The zero-order chi connectivity index (χ0) is 22.7. The van der Waals surface area contributed by atoms with Crippen molar-refractivity contribution in [3.8, 4) is 5.75 Å². The van der Waals surface area contributed by atoms with E-state index >= 15 is 0 Å². The molecule has 2 atom stereocenters. The molecule has 1 saturated heterocycles. The molecule has 2 heterocycles. The number of hydrogen-bond acceptors (Lipinski definition) is 3. The van der Waals surface area contributed by atoms with E-state index in [0.717, 1.165) is 33.3 Å². The smallest absolute Gasteiger partial charge is 0.335 e. The molecule has 0 radical (unpaired) electrons. The molecule has 1 aliphatic heterocycles. The van der Waals surface area contributed by atoms with Crippen LogP contribution >= 0.6 is 0 Å². The Hall–Kier alpha value is -2.93. The van der Waals surface area contributed by atoms with Gasteiger partial charge < -0.3 is 14.8 Å². The minimum atomic E-state index is -2.62. The van der Waals surface area contributed by atoms with Crippen LogP contribution in [-0.2, 0) is 6.54 Å². The molecule has 1 aliphatic carbocycles. The number of benzene rings is 2. The summed E-state index contributed by atoms with van der Waals surface area (Å²) < 4.78 is 34.3. The van der Waals surface area contributed by atoms with Crippen molar-refractivity contribution in [2.45, 2.75) is 44.7 Å². The van der Waals surface area contributed by atoms with Crippen LogP contribution in [0.25, 0.3) is 10.9 Å². The van der Waals surface area contributed by atoms with Gasteiger partial charge in [-0.2, -0.15) is 0 Å². The van der Waals surface area contributed by atoms with Gasteiger partial charge in [0.15, 0.2) is 0 Å². The molecule has 2 aromatic carbocycles. The number of hydrogen-bond donors (Lipinski definition) is 2. The summed E-state index contributed by atoms with van der Waals surface area (Å²) in [4.78, 5) is 16.8. The highest BCUT2D eigenvalue weighted by Crippen LogP contribution is 2.68. The molecule has 0 unspecified atom stereocenters. The largest absolute Gasteiger partial charge is 0.496 e. The molecular formula is C25H26F2N2O3. The summed E-state index contributed by atoms with van der Waals surface area (Å²) in [6.07, 6.45) is 2.65. The van der Waals surface area contributed by atoms with E-state index in [1.807, 2.05) is 25.3 Å². The molecule has 1 aromatic heterocycles. The summed E-state index contributed by atoms with van der Waals surface area (Å²) in [6, 6.07) is 10.4. The standard InChI is InChI=1S/C25H26F2N2O3/c1-15-11-21(32-2)19(18-7-9-28-22(15)18)13-29-10-8-24(14-25(24,26)27)12-20(29)16-3-5-17(6-4-16)23(30)31/h3-7,9,11,20,28H,8,10,12-14H2,1-2H3,(H,30,31)/t20-,24+/m0/s1. The van der Waals surface area contributed by atoms with Crippen LogP contribution in [0.2, 0.25) is 0 Å². The van der Waals surface area contributed by atoms with Gasteiger partial charge in [0, 0.05) is 47.1 Å². The third kappa shape index (κ3) is 3.26. The molecular weight excluding hydrogens is 414 g/mol. The number of nitrogens with zero attached hydrogens (tertiary/aromatic N) is 1.